The Hall–Kier alpha value is -1.14. The molecule has 0 atom stereocenters. The molecule has 0 aliphatic rings. The zero-order valence-corrected chi connectivity index (χ0v) is 12.2. The maximum absolute atomic E-state index is 11.1. The number of rotatable bonds is 13. The zero-order valence-electron chi connectivity index (χ0n) is 11.4. The van der Waals surface area contributed by atoms with Gasteiger partial charge in [0.05, 0.1) is 13.0 Å². The number of carbonyl (C=O) groups is 3. The van der Waals surface area contributed by atoms with Crippen LogP contribution >= 0.6 is 11.6 Å². The van der Waals surface area contributed by atoms with Crippen LogP contribution in [0.5, 0.6) is 0 Å². The van der Waals surface area contributed by atoms with E-state index in [0.717, 1.165) is 25.7 Å². The van der Waals surface area contributed by atoms with Crippen LogP contribution in [0.1, 0.15) is 38.5 Å². The minimum absolute atomic E-state index is 0.113. The fourth-order valence-corrected chi connectivity index (χ4v) is 1.55. The first-order valence-corrected chi connectivity index (χ1v) is 7.17. The maximum Gasteiger partial charge on any atom is 0.372 e. The summed E-state index contributed by atoms with van der Waals surface area (Å²) < 4.78 is 10.0. The third-order valence-electron chi connectivity index (χ3n) is 2.46. The average Bonchev–Trinajstić information content (AvgIpc) is 2.42. The first-order chi connectivity index (χ1) is 9.57. The largest absolute Gasteiger partial charge is 0.476 e. The highest BCUT2D eigenvalue weighted by molar-refractivity contribution is 6.32. The molecule has 0 spiro atoms. The molecule has 0 bridgehead atoms. The summed E-state index contributed by atoms with van der Waals surface area (Å²) in [5, 5.41) is 8.32. The van der Waals surface area contributed by atoms with Crippen molar-refractivity contribution in [3.05, 3.63) is 0 Å². The predicted molar refractivity (Wildman–Crippen MR) is 72.8 cm³/mol. The minimum atomic E-state index is -1.53. The number of Topliss-reactive ketones (excluding diaryl/α,β-unsaturated/α-hetero) is 1. The number of ketones is 1. The standard InChI is InChI=1S/C13H21ClO6/c14-7-3-1-2-4-8-19-9-10-20-12(16)6-5-11(15)13(17)18/h1-10H2,(H,17,18). The van der Waals surface area contributed by atoms with E-state index >= 15 is 0 Å². The van der Waals surface area contributed by atoms with Gasteiger partial charge in [0.2, 0.25) is 5.78 Å². The van der Waals surface area contributed by atoms with Crippen molar-refractivity contribution in [2.24, 2.45) is 0 Å². The van der Waals surface area contributed by atoms with Crippen molar-refractivity contribution in [2.75, 3.05) is 25.7 Å². The van der Waals surface area contributed by atoms with Crippen LogP contribution in [0.25, 0.3) is 0 Å². The summed E-state index contributed by atoms with van der Waals surface area (Å²) in [4.78, 5) is 32.1. The highest BCUT2D eigenvalue weighted by Crippen LogP contribution is 2.01. The number of halogens is 1. The first-order valence-electron chi connectivity index (χ1n) is 6.63. The Morgan fingerprint density at radius 2 is 1.60 bits per heavy atom. The van der Waals surface area contributed by atoms with Gasteiger partial charge in [-0.25, -0.2) is 4.79 Å². The number of hydrogen-bond donors (Lipinski definition) is 1. The summed E-state index contributed by atoms with van der Waals surface area (Å²) in [6, 6.07) is 0. The van der Waals surface area contributed by atoms with Gasteiger partial charge in [-0.15, -0.1) is 11.6 Å². The lowest BCUT2D eigenvalue weighted by atomic mass is 10.2. The lowest BCUT2D eigenvalue weighted by Crippen LogP contribution is -2.16. The van der Waals surface area contributed by atoms with Crippen LogP contribution in [-0.4, -0.2) is 48.5 Å². The predicted octanol–water partition coefficient (Wildman–Crippen LogP) is 1.78. The fourth-order valence-electron chi connectivity index (χ4n) is 1.36. The molecule has 0 radical (unpaired) electrons. The smallest absolute Gasteiger partial charge is 0.372 e. The summed E-state index contributed by atoms with van der Waals surface area (Å²) in [6.07, 6.45) is 3.54. The summed E-state index contributed by atoms with van der Waals surface area (Å²) in [6.45, 7) is 1.02. The normalized spacial score (nSPS) is 10.2. The summed E-state index contributed by atoms with van der Waals surface area (Å²) in [7, 11) is 0. The quantitative estimate of drug-likeness (QED) is 0.241. The van der Waals surface area contributed by atoms with E-state index in [1.165, 1.54) is 0 Å². The van der Waals surface area contributed by atoms with Crippen LogP contribution in [0.15, 0.2) is 0 Å². The molecule has 0 unspecified atom stereocenters. The molecule has 0 amide bonds. The van der Waals surface area contributed by atoms with Crippen molar-refractivity contribution in [3.63, 3.8) is 0 Å². The van der Waals surface area contributed by atoms with Crippen LogP contribution in [-0.2, 0) is 23.9 Å². The topological polar surface area (TPSA) is 89.9 Å². The molecule has 0 aliphatic heterocycles. The van der Waals surface area contributed by atoms with Crippen molar-refractivity contribution in [1.29, 1.82) is 0 Å². The maximum atomic E-state index is 11.1. The number of ether oxygens (including phenoxy) is 2. The molecule has 6 nitrogen and oxygen atoms in total. The summed E-state index contributed by atoms with van der Waals surface area (Å²) in [5.41, 5.74) is 0. The van der Waals surface area contributed by atoms with Gasteiger partial charge in [0.25, 0.3) is 0 Å². The first kappa shape index (κ1) is 18.9. The molecule has 0 aromatic carbocycles. The second-order valence-corrected chi connectivity index (χ2v) is 4.54. The third-order valence-corrected chi connectivity index (χ3v) is 2.73. The highest BCUT2D eigenvalue weighted by Gasteiger charge is 2.13. The molecule has 20 heavy (non-hydrogen) atoms. The molecule has 0 aromatic rings. The van der Waals surface area contributed by atoms with Gasteiger partial charge >= 0.3 is 11.9 Å². The molecule has 0 rings (SSSR count). The van der Waals surface area contributed by atoms with E-state index in [0.29, 0.717) is 19.1 Å². The number of carboxylic acid groups (broad SMARTS) is 1. The van der Waals surface area contributed by atoms with Gasteiger partial charge in [-0.1, -0.05) is 12.8 Å². The molecule has 0 saturated carbocycles. The molecule has 0 saturated heterocycles. The molecule has 7 heteroatoms. The molecule has 0 fully saturated rings. The SMILES string of the molecule is O=C(CCC(=O)C(=O)O)OCCOCCCCCCCl. The number of hydrogen-bond acceptors (Lipinski definition) is 5. The number of alkyl halides is 1. The number of esters is 1. The highest BCUT2D eigenvalue weighted by atomic mass is 35.5. The Morgan fingerprint density at radius 3 is 2.25 bits per heavy atom. The van der Waals surface area contributed by atoms with Crippen molar-refractivity contribution >= 4 is 29.3 Å². The minimum Gasteiger partial charge on any atom is -0.476 e. The lowest BCUT2D eigenvalue weighted by Gasteiger charge is -2.05. The Bertz CT molecular complexity index is 305. The number of unbranched alkanes of at least 4 members (excludes halogenated alkanes) is 3. The van der Waals surface area contributed by atoms with Crippen LogP contribution in [0.2, 0.25) is 0 Å². The van der Waals surface area contributed by atoms with Crippen molar-refractivity contribution in [3.8, 4) is 0 Å². The van der Waals surface area contributed by atoms with E-state index in [1.807, 2.05) is 0 Å². The number of carbonyl (C=O) groups excluding carboxylic acids is 2. The molecule has 1 N–H and O–H groups in total. The molecule has 0 heterocycles. The van der Waals surface area contributed by atoms with Crippen molar-refractivity contribution < 1.29 is 29.0 Å². The van der Waals surface area contributed by atoms with E-state index in [4.69, 9.17) is 26.2 Å². The van der Waals surface area contributed by atoms with Gasteiger partial charge in [-0.2, -0.15) is 0 Å². The second-order valence-electron chi connectivity index (χ2n) is 4.16. The Morgan fingerprint density at radius 1 is 0.900 bits per heavy atom. The van der Waals surface area contributed by atoms with Gasteiger partial charge in [0.1, 0.15) is 6.61 Å². The van der Waals surface area contributed by atoms with Crippen LogP contribution in [0.3, 0.4) is 0 Å². The van der Waals surface area contributed by atoms with Crippen molar-refractivity contribution in [2.45, 2.75) is 38.5 Å². The molecular formula is C13H21ClO6. The molecule has 0 aromatic heterocycles. The second kappa shape index (κ2) is 12.9. The van der Waals surface area contributed by atoms with E-state index in [9.17, 15) is 14.4 Å². The van der Waals surface area contributed by atoms with Gasteiger partial charge in [0.15, 0.2) is 0 Å². The fraction of sp³-hybridized carbons (Fsp3) is 0.769. The molecule has 0 aliphatic carbocycles. The van der Waals surface area contributed by atoms with Crippen molar-refractivity contribution in [1.82, 2.24) is 0 Å². The average molecular weight is 309 g/mol. The van der Waals surface area contributed by atoms with Gasteiger partial charge in [-0.05, 0) is 12.8 Å². The van der Waals surface area contributed by atoms with E-state index in [-0.39, 0.29) is 19.4 Å². The monoisotopic (exact) mass is 308 g/mol. The summed E-state index contributed by atoms with van der Waals surface area (Å²) >= 11 is 5.54. The Kier molecular flexibility index (Phi) is 12.1. The number of aliphatic carboxylic acids is 1. The zero-order chi connectivity index (χ0) is 15.2. The van der Waals surface area contributed by atoms with E-state index in [1.54, 1.807) is 0 Å². The van der Waals surface area contributed by atoms with Crippen LogP contribution in [0, 0.1) is 0 Å². The Labute approximate surface area is 123 Å². The molecular weight excluding hydrogens is 288 g/mol. The van der Waals surface area contributed by atoms with Crippen LogP contribution in [0.4, 0.5) is 0 Å². The third kappa shape index (κ3) is 11.9. The van der Waals surface area contributed by atoms with Gasteiger partial charge < -0.3 is 14.6 Å². The number of carboxylic acids is 1. The lowest BCUT2D eigenvalue weighted by molar-refractivity contribution is -0.151. The molecule has 116 valence electrons. The summed E-state index contributed by atoms with van der Waals surface area (Å²) in [5.74, 6) is -2.43. The Balaban J connectivity index is 3.31. The van der Waals surface area contributed by atoms with Crippen LogP contribution < -0.4 is 0 Å². The van der Waals surface area contributed by atoms with Gasteiger partial charge in [-0.3, -0.25) is 9.59 Å². The van der Waals surface area contributed by atoms with Gasteiger partial charge in [0, 0.05) is 18.9 Å². The van der Waals surface area contributed by atoms with E-state index in [2.05, 4.69) is 0 Å². The van der Waals surface area contributed by atoms with E-state index < -0.39 is 17.7 Å².